The molecule has 0 radical (unpaired) electrons. The molecule has 1 saturated heterocycles. The molecular weight excluding hydrogens is 583 g/mol. The summed E-state index contributed by atoms with van der Waals surface area (Å²) in [6, 6.07) is 20.8. The van der Waals surface area contributed by atoms with Gasteiger partial charge in [0.15, 0.2) is 0 Å². The molecule has 1 aliphatic rings. The van der Waals surface area contributed by atoms with Crippen molar-refractivity contribution in [3.63, 3.8) is 0 Å². The second-order valence-corrected chi connectivity index (χ2v) is 12.8. The van der Waals surface area contributed by atoms with Gasteiger partial charge in [-0.1, -0.05) is 74.3 Å². The van der Waals surface area contributed by atoms with Gasteiger partial charge in [-0.3, -0.25) is 14.7 Å². The molecule has 0 unspecified atom stereocenters. The van der Waals surface area contributed by atoms with Crippen molar-refractivity contribution in [3.05, 3.63) is 99.0 Å². The standard InChI is InChI=1S/C34H40Cl2N4O3/c1-7-43-29-20-25(33(2,3)4)12-17-28(29)31(37-6)40(32(42)39-19-18-38-30(41)22-39)34(5,24-10-15-27(36)16-11-24)21-23-8-13-26(35)14-9-23/h8-17,20H,7,18-19,21-22H2,1-6H3,(H,38,41)/t34-/m0/s1. The van der Waals surface area contributed by atoms with Crippen LogP contribution >= 0.6 is 23.2 Å². The summed E-state index contributed by atoms with van der Waals surface area (Å²) in [7, 11) is 1.68. The number of aliphatic imine (C=N–C) groups is 1. The predicted molar refractivity (Wildman–Crippen MR) is 175 cm³/mol. The highest BCUT2D eigenvalue weighted by Gasteiger charge is 2.44. The molecule has 4 rings (SSSR count). The molecule has 1 atom stereocenters. The first-order valence-corrected chi connectivity index (χ1v) is 15.2. The van der Waals surface area contributed by atoms with Crippen molar-refractivity contribution < 1.29 is 14.3 Å². The lowest BCUT2D eigenvalue weighted by Crippen LogP contribution is -2.60. The molecule has 9 heteroatoms. The van der Waals surface area contributed by atoms with Gasteiger partial charge in [-0.2, -0.15) is 0 Å². The number of amides is 3. The highest BCUT2D eigenvalue weighted by atomic mass is 35.5. The summed E-state index contributed by atoms with van der Waals surface area (Å²) < 4.78 is 6.19. The van der Waals surface area contributed by atoms with E-state index >= 15 is 0 Å². The molecule has 7 nitrogen and oxygen atoms in total. The van der Waals surface area contributed by atoms with Crippen molar-refractivity contribution in [1.29, 1.82) is 0 Å². The van der Waals surface area contributed by atoms with Crippen molar-refractivity contribution in [2.24, 2.45) is 4.99 Å². The highest BCUT2D eigenvalue weighted by Crippen LogP contribution is 2.38. The number of halogens is 2. The lowest BCUT2D eigenvalue weighted by atomic mass is 9.82. The van der Waals surface area contributed by atoms with Crippen LogP contribution in [0.4, 0.5) is 4.79 Å². The van der Waals surface area contributed by atoms with Crippen molar-refractivity contribution in [2.45, 2.75) is 52.0 Å². The van der Waals surface area contributed by atoms with Gasteiger partial charge in [0.25, 0.3) is 0 Å². The van der Waals surface area contributed by atoms with Crippen molar-refractivity contribution in [3.8, 4) is 5.75 Å². The van der Waals surface area contributed by atoms with Crippen LogP contribution in [0.5, 0.6) is 5.75 Å². The third-order valence-electron chi connectivity index (χ3n) is 7.73. The summed E-state index contributed by atoms with van der Waals surface area (Å²) in [5, 5.41) is 4.03. The van der Waals surface area contributed by atoms with E-state index in [0.29, 0.717) is 53.3 Å². The van der Waals surface area contributed by atoms with Crippen LogP contribution in [0.1, 0.15) is 56.9 Å². The molecule has 3 aromatic rings. The van der Waals surface area contributed by atoms with Crippen LogP contribution in [0.25, 0.3) is 0 Å². The monoisotopic (exact) mass is 622 g/mol. The molecule has 228 valence electrons. The van der Waals surface area contributed by atoms with Crippen molar-refractivity contribution >= 4 is 41.0 Å². The van der Waals surface area contributed by atoms with E-state index in [4.69, 9.17) is 32.9 Å². The lowest BCUT2D eigenvalue weighted by Gasteiger charge is -2.45. The van der Waals surface area contributed by atoms with E-state index in [2.05, 4.69) is 32.2 Å². The van der Waals surface area contributed by atoms with Crippen LogP contribution in [-0.2, 0) is 22.2 Å². The fourth-order valence-electron chi connectivity index (χ4n) is 5.39. The Labute approximate surface area is 264 Å². The minimum Gasteiger partial charge on any atom is -0.493 e. The van der Waals surface area contributed by atoms with E-state index in [0.717, 1.165) is 16.7 Å². The molecule has 43 heavy (non-hydrogen) atoms. The molecule has 1 N–H and O–H groups in total. The molecule has 0 aromatic heterocycles. The normalized spacial score (nSPS) is 15.5. The van der Waals surface area contributed by atoms with E-state index in [1.165, 1.54) is 0 Å². The van der Waals surface area contributed by atoms with Gasteiger partial charge >= 0.3 is 6.03 Å². The molecule has 3 amide bonds. The molecule has 3 aromatic carbocycles. The van der Waals surface area contributed by atoms with Gasteiger partial charge in [0.05, 0.1) is 17.7 Å². The number of urea groups is 1. The van der Waals surface area contributed by atoms with Gasteiger partial charge in [0.1, 0.15) is 18.1 Å². The summed E-state index contributed by atoms with van der Waals surface area (Å²) in [4.78, 5) is 35.3. The average molecular weight is 624 g/mol. The smallest absolute Gasteiger partial charge is 0.327 e. The zero-order chi connectivity index (χ0) is 31.4. The highest BCUT2D eigenvalue weighted by molar-refractivity contribution is 6.30. The zero-order valence-corrected chi connectivity index (χ0v) is 27.2. The van der Waals surface area contributed by atoms with E-state index in [9.17, 15) is 9.59 Å². The number of rotatable bonds is 7. The van der Waals surface area contributed by atoms with Crippen LogP contribution in [0.15, 0.2) is 71.7 Å². The molecule has 1 heterocycles. The number of piperazine rings is 1. The van der Waals surface area contributed by atoms with Gasteiger partial charge in [0, 0.05) is 36.6 Å². The number of carbonyl (C=O) groups excluding carboxylic acids is 2. The second kappa shape index (κ2) is 13.4. The maximum Gasteiger partial charge on any atom is 0.327 e. The van der Waals surface area contributed by atoms with Gasteiger partial charge < -0.3 is 15.0 Å². The maximum atomic E-state index is 14.7. The van der Waals surface area contributed by atoms with E-state index < -0.39 is 5.54 Å². The Morgan fingerprint density at radius 3 is 2.14 bits per heavy atom. The van der Waals surface area contributed by atoms with Crippen molar-refractivity contribution in [2.75, 3.05) is 33.3 Å². The van der Waals surface area contributed by atoms with Gasteiger partial charge in [-0.25, -0.2) is 4.79 Å². The zero-order valence-electron chi connectivity index (χ0n) is 25.7. The topological polar surface area (TPSA) is 74.2 Å². The minimum absolute atomic E-state index is 0.0503. The fourth-order valence-corrected chi connectivity index (χ4v) is 5.64. The number of amidine groups is 1. The molecular formula is C34H40Cl2N4O3. The summed E-state index contributed by atoms with van der Waals surface area (Å²) in [5.74, 6) is 0.867. The van der Waals surface area contributed by atoms with Crippen molar-refractivity contribution in [1.82, 2.24) is 15.1 Å². The minimum atomic E-state index is -0.968. The third kappa shape index (κ3) is 7.34. The molecule has 1 fully saturated rings. The number of hydrogen-bond donors (Lipinski definition) is 1. The average Bonchev–Trinajstić information content (AvgIpc) is 2.97. The molecule has 0 aliphatic carbocycles. The maximum absolute atomic E-state index is 14.7. The summed E-state index contributed by atoms with van der Waals surface area (Å²) >= 11 is 12.6. The number of nitrogens with one attached hydrogen (secondary N) is 1. The Morgan fingerprint density at radius 1 is 0.977 bits per heavy atom. The van der Waals surface area contributed by atoms with Gasteiger partial charge in [0.2, 0.25) is 5.91 Å². The Morgan fingerprint density at radius 2 is 1.58 bits per heavy atom. The first kappa shape index (κ1) is 32.4. The number of hydrogen-bond acceptors (Lipinski definition) is 4. The summed E-state index contributed by atoms with van der Waals surface area (Å²) in [6.45, 7) is 11.5. The molecule has 0 spiro atoms. The summed E-state index contributed by atoms with van der Waals surface area (Å²) in [5.41, 5.74) is 2.53. The van der Waals surface area contributed by atoms with Crippen LogP contribution in [0.3, 0.4) is 0 Å². The molecule has 0 saturated carbocycles. The quantitative estimate of drug-likeness (QED) is 0.226. The summed E-state index contributed by atoms with van der Waals surface area (Å²) in [6.07, 6.45) is 0.431. The number of benzene rings is 3. The second-order valence-electron chi connectivity index (χ2n) is 11.9. The third-order valence-corrected chi connectivity index (χ3v) is 8.24. The van der Waals surface area contributed by atoms with Crippen LogP contribution in [0.2, 0.25) is 10.0 Å². The fraction of sp³-hybridized carbons (Fsp3) is 0.382. The Balaban J connectivity index is 1.97. The Hall–Kier alpha value is -3.55. The Bertz CT molecular complexity index is 1480. The van der Waals surface area contributed by atoms with Crippen LogP contribution < -0.4 is 10.1 Å². The largest absolute Gasteiger partial charge is 0.493 e. The lowest BCUT2D eigenvalue weighted by molar-refractivity contribution is -0.123. The van der Waals surface area contributed by atoms with E-state index in [-0.39, 0.29) is 23.9 Å². The first-order valence-electron chi connectivity index (χ1n) is 14.5. The first-order chi connectivity index (χ1) is 20.4. The molecule has 0 bridgehead atoms. The molecule has 1 aliphatic heterocycles. The number of nitrogens with zero attached hydrogens (tertiary/aromatic N) is 3. The SMILES string of the molecule is CCOc1cc(C(C)(C)C)ccc1C(=NC)N(C(=O)N1CCNC(=O)C1)[C@@](C)(Cc1ccc(Cl)cc1)c1ccc(Cl)cc1. The van der Waals surface area contributed by atoms with Gasteiger partial charge in [-0.05, 0) is 72.4 Å². The van der Waals surface area contributed by atoms with E-state index in [1.807, 2.05) is 74.5 Å². The number of ether oxygens (including phenoxy) is 1. The number of carbonyl (C=O) groups is 2. The van der Waals surface area contributed by atoms with Gasteiger partial charge in [-0.15, -0.1) is 0 Å². The van der Waals surface area contributed by atoms with Crippen LogP contribution in [-0.4, -0.2) is 60.9 Å². The predicted octanol–water partition coefficient (Wildman–Crippen LogP) is 7.08. The Kier molecular flexibility index (Phi) is 10.1. The van der Waals surface area contributed by atoms with E-state index in [1.54, 1.807) is 16.8 Å². The van der Waals surface area contributed by atoms with Crippen LogP contribution in [0, 0.1) is 0 Å².